The summed E-state index contributed by atoms with van der Waals surface area (Å²) < 4.78 is 19.0. The number of ether oxygens (including phenoxy) is 1. The van der Waals surface area contributed by atoms with Crippen molar-refractivity contribution in [3.8, 4) is 5.75 Å². The van der Waals surface area contributed by atoms with Crippen LogP contribution in [0.2, 0.25) is 0 Å². The van der Waals surface area contributed by atoms with E-state index in [0.717, 1.165) is 5.56 Å². The van der Waals surface area contributed by atoms with Gasteiger partial charge in [0.05, 0.1) is 12.5 Å². The Bertz CT molecular complexity index is 542. The molecule has 0 aliphatic heterocycles. The molecule has 3 heteroatoms. The first-order chi connectivity index (χ1) is 9.13. The second-order valence-electron chi connectivity index (χ2n) is 4.49. The minimum Gasteiger partial charge on any atom is -0.497 e. The lowest BCUT2D eigenvalue weighted by molar-refractivity contribution is 0.410. The zero-order valence-corrected chi connectivity index (χ0v) is 11.7. The molecule has 0 saturated carbocycles. The summed E-state index contributed by atoms with van der Waals surface area (Å²) >= 11 is 6.41. The second-order valence-corrected chi connectivity index (χ2v) is 4.96. The Hall–Kier alpha value is -1.54. The summed E-state index contributed by atoms with van der Waals surface area (Å²) in [7, 11) is 1.51. The zero-order chi connectivity index (χ0) is 13.8. The topological polar surface area (TPSA) is 9.23 Å². The molecule has 0 fully saturated rings. The first-order valence-electron chi connectivity index (χ1n) is 6.16. The lowest BCUT2D eigenvalue weighted by Crippen LogP contribution is -2.05. The van der Waals surface area contributed by atoms with E-state index in [2.05, 4.69) is 0 Å². The van der Waals surface area contributed by atoms with Crippen LogP contribution in [0, 0.1) is 5.82 Å². The van der Waals surface area contributed by atoms with Gasteiger partial charge in [0.2, 0.25) is 0 Å². The highest BCUT2D eigenvalue weighted by atomic mass is 35.5. The van der Waals surface area contributed by atoms with Gasteiger partial charge in [-0.2, -0.15) is 0 Å². The van der Waals surface area contributed by atoms with E-state index in [1.165, 1.54) is 13.2 Å². The lowest BCUT2D eigenvalue weighted by atomic mass is 9.93. The molecule has 0 aliphatic carbocycles. The van der Waals surface area contributed by atoms with Crippen LogP contribution in [0.3, 0.4) is 0 Å². The minimum absolute atomic E-state index is 0.0331. The number of benzene rings is 2. The molecule has 2 unspecified atom stereocenters. The van der Waals surface area contributed by atoms with Crippen LogP contribution in [0.4, 0.5) is 4.39 Å². The Morgan fingerprint density at radius 1 is 1.11 bits per heavy atom. The first kappa shape index (κ1) is 13.9. The highest BCUT2D eigenvalue weighted by molar-refractivity contribution is 6.21. The van der Waals surface area contributed by atoms with Gasteiger partial charge in [-0.3, -0.25) is 0 Å². The number of methoxy groups -OCH3 is 1. The highest BCUT2D eigenvalue weighted by Crippen LogP contribution is 2.37. The molecule has 0 aromatic heterocycles. The first-order valence-corrected chi connectivity index (χ1v) is 6.59. The van der Waals surface area contributed by atoms with Crippen molar-refractivity contribution in [2.75, 3.05) is 7.11 Å². The standard InChI is InChI=1S/C16H16ClFO/c1-11(12-6-4-3-5-7-12)16(17)14-9-8-13(19-2)10-15(14)18/h3-11,16H,1-2H3. The van der Waals surface area contributed by atoms with Gasteiger partial charge in [0.1, 0.15) is 11.6 Å². The fourth-order valence-corrected chi connectivity index (χ4v) is 2.38. The van der Waals surface area contributed by atoms with E-state index in [1.54, 1.807) is 12.1 Å². The average molecular weight is 279 g/mol. The molecule has 0 aliphatic rings. The monoisotopic (exact) mass is 278 g/mol. The molecule has 0 N–H and O–H groups in total. The molecule has 0 bridgehead atoms. The van der Waals surface area contributed by atoms with Crippen LogP contribution < -0.4 is 4.74 Å². The quantitative estimate of drug-likeness (QED) is 0.722. The van der Waals surface area contributed by atoms with Gasteiger partial charge < -0.3 is 4.74 Å². The summed E-state index contributed by atoms with van der Waals surface area (Å²) in [5.74, 6) is 0.199. The predicted molar refractivity (Wildman–Crippen MR) is 76.4 cm³/mol. The Morgan fingerprint density at radius 2 is 1.79 bits per heavy atom. The highest BCUT2D eigenvalue weighted by Gasteiger charge is 2.21. The van der Waals surface area contributed by atoms with Gasteiger partial charge in [0, 0.05) is 17.5 Å². The molecule has 2 aromatic carbocycles. The smallest absolute Gasteiger partial charge is 0.131 e. The molecule has 0 spiro atoms. The summed E-state index contributed by atoms with van der Waals surface area (Å²) in [5.41, 5.74) is 1.59. The number of halogens is 2. The summed E-state index contributed by atoms with van der Waals surface area (Å²) in [6, 6.07) is 14.6. The van der Waals surface area contributed by atoms with Crippen molar-refractivity contribution >= 4 is 11.6 Å². The third-order valence-electron chi connectivity index (χ3n) is 3.27. The number of hydrogen-bond donors (Lipinski definition) is 0. The zero-order valence-electron chi connectivity index (χ0n) is 10.9. The average Bonchev–Trinajstić information content (AvgIpc) is 2.46. The molecular formula is C16H16ClFO. The fraction of sp³-hybridized carbons (Fsp3) is 0.250. The van der Waals surface area contributed by atoms with Crippen molar-refractivity contribution in [2.45, 2.75) is 18.2 Å². The molecular weight excluding hydrogens is 263 g/mol. The molecule has 0 amide bonds. The summed E-state index contributed by atoms with van der Waals surface area (Å²) in [4.78, 5) is 0. The number of rotatable bonds is 4. The fourth-order valence-electron chi connectivity index (χ4n) is 2.05. The summed E-state index contributed by atoms with van der Waals surface area (Å²) in [6.45, 7) is 2.00. The van der Waals surface area contributed by atoms with Crippen molar-refractivity contribution in [3.63, 3.8) is 0 Å². The summed E-state index contributed by atoms with van der Waals surface area (Å²) in [6.07, 6.45) is 0. The minimum atomic E-state index is -0.409. The van der Waals surface area contributed by atoms with Gasteiger partial charge in [-0.15, -0.1) is 11.6 Å². The molecule has 2 atom stereocenters. The van der Waals surface area contributed by atoms with Gasteiger partial charge in [-0.05, 0) is 11.6 Å². The van der Waals surface area contributed by atoms with E-state index in [0.29, 0.717) is 11.3 Å². The number of hydrogen-bond acceptors (Lipinski definition) is 1. The molecule has 100 valence electrons. The van der Waals surface area contributed by atoms with E-state index >= 15 is 0 Å². The maximum Gasteiger partial charge on any atom is 0.131 e. The van der Waals surface area contributed by atoms with Crippen molar-refractivity contribution in [1.29, 1.82) is 0 Å². The lowest BCUT2D eigenvalue weighted by Gasteiger charge is -2.19. The Balaban J connectivity index is 2.26. The van der Waals surface area contributed by atoms with Gasteiger partial charge in [-0.25, -0.2) is 4.39 Å². The summed E-state index contributed by atoms with van der Waals surface area (Å²) in [5, 5.41) is -0.409. The second kappa shape index (κ2) is 6.07. The molecule has 2 aromatic rings. The van der Waals surface area contributed by atoms with E-state index in [9.17, 15) is 4.39 Å². The maximum atomic E-state index is 14.0. The van der Waals surface area contributed by atoms with Gasteiger partial charge in [0.15, 0.2) is 0 Å². The SMILES string of the molecule is COc1ccc(C(Cl)C(C)c2ccccc2)c(F)c1. The third-order valence-corrected chi connectivity index (χ3v) is 3.88. The molecule has 1 nitrogen and oxygen atoms in total. The van der Waals surface area contributed by atoms with Crippen LogP contribution in [0.1, 0.15) is 29.3 Å². The molecule has 0 saturated heterocycles. The van der Waals surface area contributed by atoms with E-state index in [4.69, 9.17) is 16.3 Å². The van der Waals surface area contributed by atoms with Crippen molar-refractivity contribution in [3.05, 3.63) is 65.5 Å². The van der Waals surface area contributed by atoms with E-state index in [-0.39, 0.29) is 11.7 Å². The number of alkyl halides is 1. The van der Waals surface area contributed by atoms with E-state index < -0.39 is 5.38 Å². The molecule has 2 rings (SSSR count). The maximum absolute atomic E-state index is 14.0. The Morgan fingerprint density at radius 3 is 2.37 bits per heavy atom. The van der Waals surface area contributed by atoms with Crippen molar-refractivity contribution in [2.24, 2.45) is 0 Å². The van der Waals surface area contributed by atoms with Crippen LogP contribution in [-0.4, -0.2) is 7.11 Å². The van der Waals surface area contributed by atoms with Crippen LogP contribution in [0.5, 0.6) is 5.75 Å². The molecule has 0 radical (unpaired) electrons. The largest absolute Gasteiger partial charge is 0.497 e. The van der Waals surface area contributed by atoms with Gasteiger partial charge in [0.25, 0.3) is 0 Å². The van der Waals surface area contributed by atoms with Crippen molar-refractivity contribution in [1.82, 2.24) is 0 Å². The Labute approximate surface area is 118 Å². The van der Waals surface area contributed by atoms with Crippen molar-refractivity contribution < 1.29 is 9.13 Å². The van der Waals surface area contributed by atoms with Gasteiger partial charge in [-0.1, -0.05) is 43.3 Å². The van der Waals surface area contributed by atoms with Crippen LogP contribution in [-0.2, 0) is 0 Å². The normalized spacial score (nSPS) is 13.9. The van der Waals surface area contributed by atoms with Crippen LogP contribution >= 0.6 is 11.6 Å². The molecule has 19 heavy (non-hydrogen) atoms. The van der Waals surface area contributed by atoms with Crippen LogP contribution in [0.15, 0.2) is 48.5 Å². The third kappa shape index (κ3) is 3.07. The molecule has 0 heterocycles. The Kier molecular flexibility index (Phi) is 4.43. The van der Waals surface area contributed by atoms with Crippen LogP contribution in [0.25, 0.3) is 0 Å². The predicted octanol–water partition coefficient (Wildman–Crippen LogP) is 4.92. The van der Waals surface area contributed by atoms with Gasteiger partial charge >= 0.3 is 0 Å². The van der Waals surface area contributed by atoms with E-state index in [1.807, 2.05) is 37.3 Å².